The zero-order valence-electron chi connectivity index (χ0n) is 29.6. The Balaban J connectivity index is 1.33. The van der Waals surface area contributed by atoms with Crippen molar-refractivity contribution in [2.24, 2.45) is 23.7 Å². The van der Waals surface area contributed by atoms with Crippen LogP contribution in [0, 0.1) is 23.7 Å². The molecule has 0 unspecified atom stereocenters. The van der Waals surface area contributed by atoms with Gasteiger partial charge in [0.2, 0.25) is 23.6 Å². The fraction of sp³-hybridized carbons (Fsp3) is 0.286. The lowest BCUT2D eigenvalue weighted by Crippen LogP contribution is -2.53. The van der Waals surface area contributed by atoms with Crippen LogP contribution in [0.3, 0.4) is 0 Å². The molecule has 4 aliphatic rings. The molecular weight excluding hydrogens is 778 g/mol. The largest absolute Gasteiger partial charge is 0.491 e. The van der Waals surface area contributed by atoms with Gasteiger partial charge in [0.05, 0.1) is 52.3 Å². The summed E-state index contributed by atoms with van der Waals surface area (Å²) < 4.78 is 89.6. The molecule has 6 atom stereocenters. The van der Waals surface area contributed by atoms with E-state index in [9.17, 15) is 45.8 Å². The number of rotatable bonds is 7. The number of hydrogen-bond acceptors (Lipinski definition) is 6. The van der Waals surface area contributed by atoms with Crippen molar-refractivity contribution in [3.63, 3.8) is 0 Å². The number of nitrogens with zero attached hydrogens (tertiary/aromatic N) is 2. The molecule has 1 N–H and O–H groups in total. The van der Waals surface area contributed by atoms with Crippen molar-refractivity contribution in [2.45, 2.75) is 36.5 Å². The van der Waals surface area contributed by atoms with E-state index in [-0.39, 0.29) is 48.6 Å². The van der Waals surface area contributed by atoms with Gasteiger partial charge in [-0.25, -0.2) is 9.80 Å². The molecule has 57 heavy (non-hydrogen) atoms. The lowest BCUT2D eigenvalue weighted by atomic mass is 9.49. The predicted octanol–water partition coefficient (Wildman–Crippen LogP) is 8.12. The Morgan fingerprint density at radius 3 is 2.05 bits per heavy atom. The molecule has 15 heteroatoms. The Hall–Kier alpha value is -5.47. The van der Waals surface area contributed by atoms with Crippen LogP contribution >= 0.6 is 11.6 Å². The van der Waals surface area contributed by atoms with Crippen molar-refractivity contribution < 1.29 is 55.4 Å². The van der Waals surface area contributed by atoms with Crippen molar-refractivity contribution in [3.05, 3.63) is 136 Å². The van der Waals surface area contributed by atoms with E-state index >= 15 is 4.79 Å². The molecule has 2 saturated heterocycles. The molecule has 4 aromatic carbocycles. The smallest absolute Gasteiger partial charge is 0.416 e. The lowest BCUT2D eigenvalue weighted by Gasteiger charge is -2.51. The van der Waals surface area contributed by atoms with E-state index in [2.05, 4.69) is 0 Å². The molecular formula is C42H31ClF6N2O6. The molecule has 0 aromatic heterocycles. The Bertz CT molecular complexity index is 2320. The number of alkyl halides is 6. The van der Waals surface area contributed by atoms with Crippen molar-refractivity contribution in [1.82, 2.24) is 0 Å². The van der Waals surface area contributed by atoms with Crippen molar-refractivity contribution in [2.75, 3.05) is 23.0 Å². The number of anilines is 2. The fourth-order valence-electron chi connectivity index (χ4n) is 9.42. The highest BCUT2D eigenvalue weighted by atomic mass is 35.5. The minimum Gasteiger partial charge on any atom is -0.491 e. The second-order valence-electron chi connectivity index (χ2n) is 14.5. The summed E-state index contributed by atoms with van der Waals surface area (Å²) in [7, 11) is 0. The summed E-state index contributed by atoms with van der Waals surface area (Å²) in [6.45, 7) is -0.502. The maximum atomic E-state index is 15.4. The van der Waals surface area contributed by atoms with E-state index in [0.29, 0.717) is 33.7 Å². The molecule has 0 spiro atoms. The summed E-state index contributed by atoms with van der Waals surface area (Å²) in [5.74, 6) is -8.73. The zero-order chi connectivity index (χ0) is 40.6. The van der Waals surface area contributed by atoms with Crippen molar-refractivity contribution in [3.8, 4) is 5.75 Å². The summed E-state index contributed by atoms with van der Waals surface area (Å²) in [5, 5.41) is 9.95. The number of amides is 4. The number of allylic oxidation sites excluding steroid dienone is 2. The quantitative estimate of drug-likeness (QED) is 0.115. The molecule has 0 bridgehead atoms. The number of imide groups is 2. The minimum absolute atomic E-state index is 0.0825. The molecule has 4 aromatic rings. The summed E-state index contributed by atoms with van der Waals surface area (Å²) in [4.78, 5) is 60.5. The van der Waals surface area contributed by atoms with Crippen LogP contribution in [0.25, 0.3) is 0 Å². The number of carbonyl (C=O) groups is 4. The molecule has 4 amide bonds. The Kier molecular flexibility index (Phi) is 9.35. The second-order valence-corrected chi connectivity index (χ2v) is 14.9. The van der Waals surface area contributed by atoms with Gasteiger partial charge in [0, 0.05) is 16.5 Å². The number of para-hydroxylation sites is 1. The molecule has 8 rings (SSSR count). The van der Waals surface area contributed by atoms with E-state index in [1.54, 1.807) is 78.9 Å². The van der Waals surface area contributed by atoms with Crippen LogP contribution in [0.5, 0.6) is 5.75 Å². The van der Waals surface area contributed by atoms with Gasteiger partial charge in [0.1, 0.15) is 12.4 Å². The first-order valence-electron chi connectivity index (χ1n) is 18.0. The van der Waals surface area contributed by atoms with Crippen LogP contribution in [0.4, 0.5) is 37.7 Å². The number of aliphatic hydroxyl groups is 1. The zero-order valence-corrected chi connectivity index (χ0v) is 30.3. The molecule has 0 radical (unpaired) electrons. The third-order valence-electron chi connectivity index (χ3n) is 11.6. The third-order valence-corrected chi connectivity index (χ3v) is 11.8. The van der Waals surface area contributed by atoms with E-state index in [4.69, 9.17) is 16.3 Å². The van der Waals surface area contributed by atoms with E-state index in [1.165, 1.54) is 6.07 Å². The van der Waals surface area contributed by atoms with Crippen molar-refractivity contribution >= 4 is 46.6 Å². The van der Waals surface area contributed by atoms with Crippen LogP contribution in [-0.4, -0.2) is 41.9 Å². The third kappa shape index (κ3) is 6.03. The van der Waals surface area contributed by atoms with Crippen LogP contribution < -0.4 is 14.5 Å². The number of carbonyl (C=O) groups excluding carboxylic acids is 4. The Labute approximate surface area is 326 Å². The monoisotopic (exact) mass is 808 g/mol. The molecule has 2 aliphatic heterocycles. The number of benzene rings is 4. The first-order chi connectivity index (χ1) is 27.1. The average molecular weight is 809 g/mol. The SMILES string of the molecule is O=C1[C@H]2[C@H](CC=C3[C@H]2C[C@H]2C(=O)N(c4cccc(Cl)c4)C(=O)[C@@]2(c2ccccc2)[C@H]3c2ccccc2OCCO)C(=O)N1c1cc(C(F)(F)F)cc(C(F)(F)F)c1. The highest BCUT2D eigenvalue weighted by Gasteiger charge is 2.70. The van der Waals surface area contributed by atoms with Crippen LogP contribution in [-0.2, 0) is 36.9 Å². The van der Waals surface area contributed by atoms with Gasteiger partial charge in [-0.05, 0) is 66.8 Å². The lowest BCUT2D eigenvalue weighted by molar-refractivity contribution is -0.143. The molecule has 1 saturated carbocycles. The molecule has 8 nitrogen and oxygen atoms in total. The van der Waals surface area contributed by atoms with Crippen LogP contribution in [0.2, 0.25) is 5.02 Å². The molecule has 2 aliphatic carbocycles. The Morgan fingerprint density at radius 1 is 0.737 bits per heavy atom. The first kappa shape index (κ1) is 38.4. The van der Waals surface area contributed by atoms with Crippen LogP contribution in [0.1, 0.15) is 41.0 Å². The van der Waals surface area contributed by atoms with Gasteiger partial charge < -0.3 is 9.84 Å². The standard InChI is InChI=1S/C42H31ClF6N2O6/c43-25-9-6-10-26(20-25)51-37(54)32-21-31-28(35(29-11-4-5-12-33(29)57-16-15-52)40(32,39(51)56)22-7-2-1-3-8-22)13-14-30-34(31)38(55)50(36(30)53)27-18-23(41(44,45)46)17-24(19-27)42(47,48)49/h1-13,17-20,30-32,34-35,52H,14-16,21H2/t30-,31+,32-,34-,35+,40+/m0/s1. The summed E-state index contributed by atoms with van der Waals surface area (Å²) in [5.41, 5.74) is -4.41. The number of aliphatic hydroxyl groups excluding tert-OH is 1. The number of fused-ring (bicyclic) bond motifs is 4. The Morgan fingerprint density at radius 2 is 1.40 bits per heavy atom. The van der Waals surface area contributed by atoms with Gasteiger partial charge in [-0.1, -0.05) is 77.8 Å². The fourth-order valence-corrected chi connectivity index (χ4v) is 9.60. The summed E-state index contributed by atoms with van der Waals surface area (Å²) >= 11 is 6.35. The van der Waals surface area contributed by atoms with Crippen molar-refractivity contribution in [1.29, 1.82) is 0 Å². The number of halogens is 7. The highest BCUT2D eigenvalue weighted by molar-refractivity contribution is 6.32. The number of hydrogen-bond donors (Lipinski definition) is 1. The second kappa shape index (κ2) is 13.9. The van der Waals surface area contributed by atoms with E-state index in [1.807, 2.05) is 0 Å². The van der Waals surface area contributed by atoms with Gasteiger partial charge in [-0.15, -0.1) is 0 Å². The summed E-state index contributed by atoms with van der Waals surface area (Å²) in [6.07, 6.45) is -9.10. The van der Waals surface area contributed by atoms with Gasteiger partial charge in [0.15, 0.2) is 0 Å². The molecule has 294 valence electrons. The normalized spacial score (nSPS) is 26.0. The van der Waals surface area contributed by atoms with Gasteiger partial charge in [-0.3, -0.25) is 19.2 Å². The van der Waals surface area contributed by atoms with Gasteiger partial charge in [-0.2, -0.15) is 26.3 Å². The maximum Gasteiger partial charge on any atom is 0.416 e. The van der Waals surface area contributed by atoms with Gasteiger partial charge in [0.25, 0.3) is 0 Å². The molecule has 3 fully saturated rings. The van der Waals surface area contributed by atoms with E-state index in [0.717, 1.165) is 4.90 Å². The summed E-state index contributed by atoms with van der Waals surface area (Å²) in [6, 6.07) is 22.1. The predicted molar refractivity (Wildman–Crippen MR) is 194 cm³/mol. The topological polar surface area (TPSA) is 104 Å². The van der Waals surface area contributed by atoms with Gasteiger partial charge >= 0.3 is 12.4 Å². The molecule has 2 heterocycles. The maximum absolute atomic E-state index is 15.4. The van der Waals surface area contributed by atoms with Crippen LogP contribution in [0.15, 0.2) is 109 Å². The number of ether oxygens (including phenoxy) is 1. The van der Waals surface area contributed by atoms with E-state index < -0.39 is 87.8 Å². The average Bonchev–Trinajstić information content (AvgIpc) is 3.57. The first-order valence-corrected chi connectivity index (χ1v) is 18.4. The minimum atomic E-state index is -5.24. The highest BCUT2D eigenvalue weighted by Crippen LogP contribution is 2.65.